The van der Waals surface area contributed by atoms with E-state index in [9.17, 15) is 18.0 Å². The lowest BCUT2D eigenvalue weighted by atomic mass is 9.92. The first-order valence-electron chi connectivity index (χ1n) is 6.00. The molecule has 1 saturated carbocycles. The van der Waals surface area contributed by atoms with Gasteiger partial charge in [-0.25, -0.2) is 17.9 Å². The average molecular weight is 288 g/mol. The van der Waals surface area contributed by atoms with E-state index in [0.717, 1.165) is 25.5 Å². The third kappa shape index (κ3) is 3.11. The molecule has 1 aliphatic rings. The quantitative estimate of drug-likeness (QED) is 0.542. The van der Waals surface area contributed by atoms with Crippen molar-refractivity contribution in [1.29, 1.82) is 0 Å². The minimum atomic E-state index is -3.98. The molecular weight excluding hydrogens is 272 g/mol. The van der Waals surface area contributed by atoms with Crippen LogP contribution in [0.25, 0.3) is 0 Å². The second-order valence-corrected chi connectivity index (χ2v) is 6.29. The topological polar surface area (TPSA) is 138 Å². The highest BCUT2D eigenvalue weighted by atomic mass is 32.2. The van der Waals surface area contributed by atoms with Crippen LogP contribution in [-0.4, -0.2) is 30.5 Å². The van der Waals surface area contributed by atoms with Gasteiger partial charge in [-0.3, -0.25) is 9.78 Å². The summed E-state index contributed by atoms with van der Waals surface area (Å²) < 4.78 is 26.6. The fourth-order valence-electron chi connectivity index (χ4n) is 2.17. The molecule has 9 heteroatoms. The standard InChI is InChI=1S/C10H16N4O4S/c11-6-3-1-2-4-7(6)14-19(17,18)8-5-12-10(16)13-9(8)15/h5-7,14H,1-4,11H2,(H2,12,13,15,16)/t6-,7-/m1/s1. The van der Waals surface area contributed by atoms with Crippen molar-refractivity contribution in [2.45, 2.75) is 42.7 Å². The van der Waals surface area contributed by atoms with Gasteiger partial charge in [0.1, 0.15) is 0 Å². The molecule has 0 radical (unpaired) electrons. The molecule has 5 N–H and O–H groups in total. The smallest absolute Gasteiger partial charge is 0.325 e. The maximum Gasteiger partial charge on any atom is 0.325 e. The summed E-state index contributed by atoms with van der Waals surface area (Å²) in [7, 11) is -3.98. The molecule has 1 aliphatic carbocycles. The molecule has 1 heterocycles. The Bertz CT molecular complexity index is 663. The van der Waals surface area contributed by atoms with E-state index in [4.69, 9.17) is 5.73 Å². The Morgan fingerprint density at radius 2 is 1.95 bits per heavy atom. The Labute approximate surface area is 109 Å². The lowest BCUT2D eigenvalue weighted by molar-refractivity contribution is 0.361. The molecule has 0 unspecified atom stereocenters. The van der Waals surface area contributed by atoms with Crippen molar-refractivity contribution in [1.82, 2.24) is 14.7 Å². The van der Waals surface area contributed by atoms with Crippen molar-refractivity contribution >= 4 is 10.0 Å². The SMILES string of the molecule is N[C@@H]1CCCC[C@H]1NS(=O)(=O)c1c[nH]c(=O)[nH]c1=O. The van der Waals surface area contributed by atoms with Crippen molar-refractivity contribution in [3.05, 3.63) is 27.0 Å². The molecule has 8 nitrogen and oxygen atoms in total. The van der Waals surface area contributed by atoms with E-state index in [-0.39, 0.29) is 12.1 Å². The second-order valence-electron chi connectivity index (χ2n) is 4.61. The van der Waals surface area contributed by atoms with Gasteiger partial charge in [-0.05, 0) is 12.8 Å². The van der Waals surface area contributed by atoms with Gasteiger partial charge in [-0.15, -0.1) is 0 Å². The number of rotatable bonds is 3. The maximum absolute atomic E-state index is 12.1. The molecule has 106 valence electrons. The van der Waals surface area contributed by atoms with E-state index < -0.39 is 26.2 Å². The molecule has 0 saturated heterocycles. The predicted molar refractivity (Wildman–Crippen MR) is 68.2 cm³/mol. The molecule has 2 rings (SSSR count). The lowest BCUT2D eigenvalue weighted by Crippen LogP contribution is -2.50. The monoisotopic (exact) mass is 288 g/mol. The first-order valence-corrected chi connectivity index (χ1v) is 7.48. The summed E-state index contributed by atoms with van der Waals surface area (Å²) >= 11 is 0. The van der Waals surface area contributed by atoms with E-state index >= 15 is 0 Å². The normalized spacial score (nSPS) is 24.3. The highest BCUT2D eigenvalue weighted by Gasteiger charge is 2.28. The molecule has 0 aliphatic heterocycles. The van der Waals surface area contributed by atoms with Gasteiger partial charge >= 0.3 is 5.69 Å². The third-order valence-electron chi connectivity index (χ3n) is 3.20. The Morgan fingerprint density at radius 3 is 2.58 bits per heavy atom. The molecule has 0 aromatic carbocycles. The van der Waals surface area contributed by atoms with E-state index in [1.54, 1.807) is 0 Å². The molecule has 2 atom stereocenters. The number of nitrogens with two attached hydrogens (primary N) is 1. The number of nitrogens with one attached hydrogen (secondary N) is 3. The summed E-state index contributed by atoms with van der Waals surface area (Å²) in [6, 6.07) is -0.643. The molecular formula is C10H16N4O4S. The van der Waals surface area contributed by atoms with Crippen molar-refractivity contribution in [3.8, 4) is 0 Å². The Kier molecular flexibility index (Phi) is 3.88. The molecule has 0 amide bonds. The first kappa shape index (κ1) is 14.0. The minimum Gasteiger partial charge on any atom is -0.326 e. The van der Waals surface area contributed by atoms with Crippen LogP contribution in [0.15, 0.2) is 20.7 Å². The summed E-state index contributed by atoms with van der Waals surface area (Å²) in [4.78, 5) is 25.8. The van der Waals surface area contributed by atoms with Gasteiger partial charge < -0.3 is 10.7 Å². The fourth-order valence-corrected chi connectivity index (χ4v) is 3.49. The van der Waals surface area contributed by atoms with Crippen LogP contribution in [0.2, 0.25) is 0 Å². The highest BCUT2D eigenvalue weighted by Crippen LogP contribution is 2.18. The Balaban J connectivity index is 2.27. The average Bonchev–Trinajstić information content (AvgIpc) is 2.31. The van der Waals surface area contributed by atoms with Crippen molar-refractivity contribution in [3.63, 3.8) is 0 Å². The van der Waals surface area contributed by atoms with Crippen LogP contribution >= 0.6 is 0 Å². The number of hydrogen-bond acceptors (Lipinski definition) is 5. The molecule has 0 spiro atoms. The van der Waals surface area contributed by atoms with Crippen LogP contribution < -0.4 is 21.7 Å². The zero-order valence-electron chi connectivity index (χ0n) is 10.2. The molecule has 1 fully saturated rings. The predicted octanol–water partition coefficient (Wildman–Crippen LogP) is -1.39. The van der Waals surface area contributed by atoms with Crippen LogP contribution in [0.4, 0.5) is 0 Å². The van der Waals surface area contributed by atoms with Gasteiger partial charge in [0, 0.05) is 18.3 Å². The number of sulfonamides is 1. The fraction of sp³-hybridized carbons (Fsp3) is 0.600. The van der Waals surface area contributed by atoms with Gasteiger partial charge in [0.2, 0.25) is 10.0 Å². The van der Waals surface area contributed by atoms with E-state index in [1.165, 1.54) is 0 Å². The van der Waals surface area contributed by atoms with Gasteiger partial charge in [-0.2, -0.15) is 0 Å². The van der Waals surface area contributed by atoms with Crippen LogP contribution in [0, 0.1) is 0 Å². The molecule has 0 bridgehead atoms. The maximum atomic E-state index is 12.1. The molecule has 1 aromatic heterocycles. The largest absolute Gasteiger partial charge is 0.326 e. The number of aromatic nitrogens is 2. The summed E-state index contributed by atoms with van der Waals surface area (Å²) in [5, 5.41) is 0. The van der Waals surface area contributed by atoms with Crippen LogP contribution in [0.5, 0.6) is 0 Å². The van der Waals surface area contributed by atoms with Gasteiger partial charge in [-0.1, -0.05) is 12.8 Å². The second kappa shape index (κ2) is 5.27. The molecule has 19 heavy (non-hydrogen) atoms. The van der Waals surface area contributed by atoms with Crippen LogP contribution in [-0.2, 0) is 10.0 Å². The van der Waals surface area contributed by atoms with E-state index in [0.29, 0.717) is 6.42 Å². The van der Waals surface area contributed by atoms with Gasteiger partial charge in [0.05, 0.1) is 0 Å². The number of H-pyrrole nitrogens is 2. The first-order chi connectivity index (χ1) is 8.90. The van der Waals surface area contributed by atoms with Crippen molar-refractivity contribution in [2.24, 2.45) is 5.73 Å². The zero-order valence-corrected chi connectivity index (χ0v) is 11.0. The minimum absolute atomic E-state index is 0.259. The van der Waals surface area contributed by atoms with Crippen LogP contribution in [0.3, 0.4) is 0 Å². The Hall–Kier alpha value is -1.45. The van der Waals surface area contributed by atoms with E-state index in [1.807, 2.05) is 4.98 Å². The van der Waals surface area contributed by atoms with Gasteiger partial charge in [0.15, 0.2) is 4.90 Å². The van der Waals surface area contributed by atoms with Crippen molar-refractivity contribution in [2.75, 3.05) is 0 Å². The van der Waals surface area contributed by atoms with Crippen molar-refractivity contribution < 1.29 is 8.42 Å². The summed E-state index contributed by atoms with van der Waals surface area (Å²) in [6.07, 6.45) is 4.14. The molecule has 1 aromatic rings. The summed E-state index contributed by atoms with van der Waals surface area (Å²) in [5.41, 5.74) is 4.16. The summed E-state index contributed by atoms with van der Waals surface area (Å²) in [6.45, 7) is 0. The lowest BCUT2D eigenvalue weighted by Gasteiger charge is -2.28. The van der Waals surface area contributed by atoms with Crippen LogP contribution in [0.1, 0.15) is 25.7 Å². The van der Waals surface area contributed by atoms with E-state index in [2.05, 4.69) is 9.71 Å². The third-order valence-corrected chi connectivity index (χ3v) is 4.70. The number of hydrogen-bond donors (Lipinski definition) is 4. The zero-order chi connectivity index (χ0) is 14.0. The highest BCUT2D eigenvalue weighted by molar-refractivity contribution is 7.89. The Morgan fingerprint density at radius 1 is 1.26 bits per heavy atom. The number of aromatic amines is 2. The van der Waals surface area contributed by atoms with Gasteiger partial charge in [0.25, 0.3) is 5.56 Å². The summed E-state index contributed by atoms with van der Waals surface area (Å²) in [5.74, 6) is 0.